The van der Waals surface area contributed by atoms with E-state index in [0.29, 0.717) is 6.04 Å². The van der Waals surface area contributed by atoms with Gasteiger partial charge in [-0.05, 0) is 67.0 Å². The lowest BCUT2D eigenvalue weighted by atomic mass is 9.95. The highest BCUT2D eigenvalue weighted by Gasteiger charge is 2.30. The van der Waals surface area contributed by atoms with Gasteiger partial charge in [0.1, 0.15) is 5.75 Å². The molecule has 172 valence electrons. The third kappa shape index (κ3) is 6.22. The highest BCUT2D eigenvalue weighted by molar-refractivity contribution is 5.50. The minimum atomic E-state index is 0.692. The molecular weight excluding hydrogens is 396 g/mol. The van der Waals surface area contributed by atoms with Gasteiger partial charge >= 0.3 is 0 Å². The molecule has 1 atom stereocenters. The summed E-state index contributed by atoms with van der Waals surface area (Å²) in [6.45, 7) is 6.35. The molecule has 1 aliphatic heterocycles. The maximum Gasteiger partial charge on any atom is 0.118 e. The average molecular weight is 435 g/mol. The Morgan fingerprint density at radius 3 is 2.47 bits per heavy atom. The van der Waals surface area contributed by atoms with Crippen molar-refractivity contribution in [3.8, 4) is 5.75 Å². The van der Waals surface area contributed by atoms with Gasteiger partial charge in [0, 0.05) is 39.3 Å². The van der Waals surface area contributed by atoms with Crippen molar-refractivity contribution in [2.45, 2.75) is 31.7 Å². The maximum absolute atomic E-state index is 5.40. The van der Waals surface area contributed by atoms with Crippen molar-refractivity contribution >= 4 is 6.08 Å². The van der Waals surface area contributed by atoms with Gasteiger partial charge in [0.2, 0.25) is 0 Å². The lowest BCUT2D eigenvalue weighted by molar-refractivity contribution is 0.0916. The van der Waals surface area contributed by atoms with Crippen molar-refractivity contribution in [1.82, 2.24) is 9.80 Å². The maximum atomic E-state index is 5.40. The van der Waals surface area contributed by atoms with E-state index in [4.69, 9.17) is 9.47 Å². The number of likely N-dealkylation sites (tertiary alicyclic amines) is 1. The molecule has 0 saturated carbocycles. The summed E-state index contributed by atoms with van der Waals surface area (Å²) in [5.41, 5.74) is 4.33. The Bertz CT molecular complexity index is 839. The standard InChI is InChI=1S/C28H38N2O2/c1-31-18-17-29(15-5-7-23-11-13-28(32-2)14-12-23)21-24-8-6-16-30(22-24)27-19-25-9-3-4-10-26(25)20-27/h3-5,7,9-14,24,27H,6,8,15-22H2,1-2H3/b7-5+/t24-/m0/s1. The van der Waals surface area contributed by atoms with E-state index in [2.05, 4.69) is 58.4 Å². The van der Waals surface area contributed by atoms with Crippen LogP contribution in [0.2, 0.25) is 0 Å². The second kappa shape index (κ2) is 11.6. The minimum Gasteiger partial charge on any atom is -0.497 e. The van der Waals surface area contributed by atoms with E-state index in [-0.39, 0.29) is 0 Å². The van der Waals surface area contributed by atoms with Crippen molar-refractivity contribution in [1.29, 1.82) is 0 Å². The van der Waals surface area contributed by atoms with Gasteiger partial charge in [0.05, 0.1) is 13.7 Å². The van der Waals surface area contributed by atoms with Crippen molar-refractivity contribution in [3.63, 3.8) is 0 Å². The zero-order valence-electron chi connectivity index (χ0n) is 19.7. The van der Waals surface area contributed by atoms with Crippen LogP contribution in [0.25, 0.3) is 6.08 Å². The Hall–Kier alpha value is -2.14. The summed E-state index contributed by atoms with van der Waals surface area (Å²) in [5.74, 6) is 1.63. The van der Waals surface area contributed by atoms with Crippen molar-refractivity contribution < 1.29 is 9.47 Å². The number of ether oxygens (including phenoxy) is 2. The highest BCUT2D eigenvalue weighted by Crippen LogP contribution is 2.29. The van der Waals surface area contributed by atoms with Gasteiger partial charge in [-0.15, -0.1) is 0 Å². The first kappa shape index (κ1) is 23.0. The minimum absolute atomic E-state index is 0.692. The number of rotatable bonds is 10. The summed E-state index contributed by atoms with van der Waals surface area (Å²) in [6, 6.07) is 17.9. The molecule has 1 fully saturated rings. The van der Waals surface area contributed by atoms with Crippen LogP contribution in [0.4, 0.5) is 0 Å². The van der Waals surface area contributed by atoms with Crippen LogP contribution >= 0.6 is 0 Å². The predicted molar refractivity (Wildman–Crippen MR) is 132 cm³/mol. The van der Waals surface area contributed by atoms with Crippen molar-refractivity contribution in [3.05, 3.63) is 71.3 Å². The average Bonchev–Trinajstić information content (AvgIpc) is 3.27. The molecule has 32 heavy (non-hydrogen) atoms. The van der Waals surface area contributed by atoms with E-state index < -0.39 is 0 Å². The first-order valence-corrected chi connectivity index (χ1v) is 12.1. The molecule has 0 radical (unpaired) electrons. The third-order valence-electron chi connectivity index (χ3n) is 7.01. The van der Waals surface area contributed by atoms with Gasteiger partial charge in [-0.1, -0.05) is 48.6 Å². The summed E-state index contributed by atoms with van der Waals surface area (Å²) in [5, 5.41) is 0. The molecule has 4 rings (SSSR count). The van der Waals surface area contributed by atoms with Crippen molar-refractivity contribution in [2.24, 2.45) is 5.92 Å². The summed E-state index contributed by atoms with van der Waals surface area (Å²) in [7, 11) is 3.50. The molecule has 4 nitrogen and oxygen atoms in total. The number of hydrogen-bond acceptors (Lipinski definition) is 4. The van der Waals surface area contributed by atoms with Gasteiger partial charge in [-0.25, -0.2) is 0 Å². The molecule has 2 aromatic rings. The fourth-order valence-electron chi connectivity index (χ4n) is 5.27. The van der Waals surface area contributed by atoms with E-state index >= 15 is 0 Å². The number of fused-ring (bicyclic) bond motifs is 1. The van der Waals surface area contributed by atoms with Crippen LogP contribution in [0.15, 0.2) is 54.6 Å². The van der Waals surface area contributed by atoms with E-state index in [1.54, 1.807) is 25.3 Å². The summed E-state index contributed by atoms with van der Waals surface area (Å²) in [6.07, 6.45) is 9.59. The summed E-state index contributed by atoms with van der Waals surface area (Å²) < 4.78 is 10.7. The van der Waals surface area contributed by atoms with E-state index in [1.807, 2.05) is 12.1 Å². The smallest absolute Gasteiger partial charge is 0.118 e. The van der Waals surface area contributed by atoms with Crippen LogP contribution in [0.3, 0.4) is 0 Å². The number of nitrogens with zero attached hydrogens (tertiary/aromatic N) is 2. The molecule has 0 amide bonds. The zero-order valence-corrected chi connectivity index (χ0v) is 19.7. The number of piperidine rings is 1. The topological polar surface area (TPSA) is 24.9 Å². The fraction of sp³-hybridized carbons (Fsp3) is 0.500. The number of methoxy groups -OCH3 is 2. The second-order valence-corrected chi connectivity index (χ2v) is 9.26. The fourth-order valence-corrected chi connectivity index (χ4v) is 5.27. The third-order valence-corrected chi connectivity index (χ3v) is 7.01. The molecule has 1 heterocycles. The highest BCUT2D eigenvalue weighted by atomic mass is 16.5. The van der Waals surface area contributed by atoms with Crippen LogP contribution in [-0.4, -0.2) is 69.4 Å². The molecule has 0 N–H and O–H groups in total. The Labute approximate surface area is 193 Å². The molecule has 2 aliphatic rings. The predicted octanol–water partition coefficient (Wildman–Crippen LogP) is 4.54. The Kier molecular flexibility index (Phi) is 8.38. The van der Waals surface area contributed by atoms with Crippen LogP contribution in [0, 0.1) is 5.92 Å². The van der Waals surface area contributed by atoms with Crippen LogP contribution in [0.5, 0.6) is 5.75 Å². The van der Waals surface area contributed by atoms with Crippen molar-refractivity contribution in [2.75, 3.05) is 53.6 Å². The molecule has 4 heteroatoms. The molecule has 0 spiro atoms. The molecule has 2 aromatic carbocycles. The van der Waals surface area contributed by atoms with E-state index in [0.717, 1.165) is 37.9 Å². The first-order valence-electron chi connectivity index (χ1n) is 12.1. The monoisotopic (exact) mass is 434 g/mol. The first-order chi connectivity index (χ1) is 15.7. The van der Waals surface area contributed by atoms with Gasteiger partial charge in [0.15, 0.2) is 0 Å². The molecular formula is C28H38N2O2. The SMILES string of the molecule is COCCN(C/C=C/c1ccc(OC)cc1)C[C@@H]1CCCN(C2Cc3ccccc3C2)C1. The van der Waals surface area contributed by atoms with Gasteiger partial charge < -0.3 is 9.47 Å². The Balaban J connectivity index is 1.31. The Morgan fingerprint density at radius 1 is 1.03 bits per heavy atom. The lowest BCUT2D eigenvalue weighted by Crippen LogP contribution is -2.46. The normalized spacial score (nSPS) is 19.7. The van der Waals surface area contributed by atoms with E-state index in [1.165, 1.54) is 44.3 Å². The van der Waals surface area contributed by atoms with Gasteiger partial charge in [-0.3, -0.25) is 9.80 Å². The molecule has 0 aromatic heterocycles. The van der Waals surface area contributed by atoms with Gasteiger partial charge in [0.25, 0.3) is 0 Å². The molecule has 1 aliphatic carbocycles. The number of hydrogen-bond donors (Lipinski definition) is 0. The molecule has 0 bridgehead atoms. The largest absolute Gasteiger partial charge is 0.497 e. The quantitative estimate of drug-likeness (QED) is 0.548. The van der Waals surface area contributed by atoms with E-state index in [9.17, 15) is 0 Å². The second-order valence-electron chi connectivity index (χ2n) is 9.26. The summed E-state index contributed by atoms with van der Waals surface area (Å²) >= 11 is 0. The van der Waals surface area contributed by atoms with Crippen LogP contribution in [0.1, 0.15) is 29.5 Å². The van der Waals surface area contributed by atoms with Gasteiger partial charge in [-0.2, -0.15) is 0 Å². The van der Waals surface area contributed by atoms with Crippen LogP contribution in [-0.2, 0) is 17.6 Å². The summed E-state index contributed by atoms with van der Waals surface area (Å²) in [4.78, 5) is 5.33. The zero-order chi connectivity index (χ0) is 22.2. The lowest BCUT2D eigenvalue weighted by Gasteiger charge is -2.38. The molecule has 1 saturated heterocycles. The number of benzene rings is 2. The molecule has 0 unspecified atom stereocenters. The Morgan fingerprint density at radius 2 is 1.78 bits per heavy atom. The van der Waals surface area contributed by atoms with Crippen LogP contribution < -0.4 is 4.74 Å².